The van der Waals surface area contributed by atoms with E-state index < -0.39 is 0 Å². The predicted molar refractivity (Wildman–Crippen MR) is 49.9 cm³/mol. The van der Waals surface area contributed by atoms with Gasteiger partial charge in [0.05, 0.1) is 18.5 Å². The first kappa shape index (κ1) is 9.19. The number of ether oxygens (including phenoxy) is 1. The number of nitrogens with zero attached hydrogens (tertiary/aromatic N) is 1. The number of carbonyl (C=O) groups excluding carboxylic acids is 1. The van der Waals surface area contributed by atoms with E-state index in [0.717, 1.165) is 5.37 Å². The highest BCUT2D eigenvalue weighted by atomic mass is 32.1. The zero-order valence-electron chi connectivity index (χ0n) is 6.95. The summed E-state index contributed by atoms with van der Waals surface area (Å²) in [7, 11) is 0. The summed E-state index contributed by atoms with van der Waals surface area (Å²) in [5.74, 6) is 0.486. The van der Waals surface area contributed by atoms with Crippen LogP contribution in [0.15, 0.2) is 12.3 Å². The molecule has 3 nitrogen and oxygen atoms in total. The van der Waals surface area contributed by atoms with Crippen LogP contribution in [0, 0.1) is 0 Å². The Morgan fingerprint density at radius 2 is 2.58 bits per heavy atom. The van der Waals surface area contributed by atoms with Crippen molar-refractivity contribution in [3.8, 4) is 0 Å². The van der Waals surface area contributed by atoms with Crippen LogP contribution in [-0.2, 0) is 9.53 Å². The molecule has 0 aliphatic carbocycles. The lowest BCUT2D eigenvalue weighted by Gasteiger charge is -2.31. The lowest BCUT2D eigenvalue weighted by molar-refractivity contribution is -0.127. The molecule has 1 atom stereocenters. The Bertz CT molecular complexity index is 227. The molecule has 1 heterocycles. The molecule has 1 amide bonds. The quantitative estimate of drug-likeness (QED) is 0.564. The van der Waals surface area contributed by atoms with E-state index in [9.17, 15) is 4.79 Å². The van der Waals surface area contributed by atoms with Gasteiger partial charge >= 0.3 is 0 Å². The van der Waals surface area contributed by atoms with E-state index in [-0.39, 0.29) is 12.0 Å². The van der Waals surface area contributed by atoms with Crippen molar-refractivity contribution in [2.75, 3.05) is 13.1 Å². The van der Waals surface area contributed by atoms with Gasteiger partial charge in [0.25, 0.3) is 5.91 Å². The van der Waals surface area contributed by atoms with Gasteiger partial charge in [0, 0.05) is 0 Å². The minimum Gasteiger partial charge on any atom is -0.492 e. The number of hydrogen-bond donors (Lipinski definition) is 0. The van der Waals surface area contributed by atoms with Gasteiger partial charge in [-0.15, -0.1) is 0 Å². The molecule has 4 heteroatoms. The molecular weight excluding hydrogens is 174 g/mol. The smallest absolute Gasteiger partial charge is 0.257 e. The van der Waals surface area contributed by atoms with Gasteiger partial charge in [-0.25, -0.2) is 0 Å². The van der Waals surface area contributed by atoms with Gasteiger partial charge in [0.2, 0.25) is 0 Å². The number of morpholine rings is 1. The largest absolute Gasteiger partial charge is 0.492 e. The van der Waals surface area contributed by atoms with E-state index in [1.807, 2.05) is 6.92 Å². The second-order valence-electron chi connectivity index (χ2n) is 2.80. The Balaban J connectivity index is 2.60. The molecule has 12 heavy (non-hydrogen) atoms. The van der Waals surface area contributed by atoms with Crippen LogP contribution in [0.4, 0.5) is 0 Å². The average molecular weight is 185 g/mol. The van der Waals surface area contributed by atoms with Gasteiger partial charge in [-0.1, -0.05) is 18.8 Å². The molecule has 0 saturated carbocycles. The molecule has 1 fully saturated rings. The monoisotopic (exact) mass is 185 g/mol. The summed E-state index contributed by atoms with van der Waals surface area (Å²) in [6, 6.07) is 0. The average Bonchev–Trinajstić information content (AvgIpc) is 2.01. The van der Waals surface area contributed by atoms with Crippen molar-refractivity contribution in [2.45, 2.75) is 13.0 Å². The molecule has 0 aromatic rings. The van der Waals surface area contributed by atoms with E-state index in [4.69, 9.17) is 4.74 Å². The van der Waals surface area contributed by atoms with Crippen LogP contribution in [-0.4, -0.2) is 35.4 Å². The first-order valence-corrected chi connectivity index (χ1v) is 4.19. The van der Waals surface area contributed by atoms with Crippen LogP contribution in [0.2, 0.25) is 0 Å². The maximum atomic E-state index is 11.1. The fraction of sp³-hybridized carbons (Fsp3) is 0.500. The topological polar surface area (TPSA) is 29.5 Å². The van der Waals surface area contributed by atoms with E-state index in [1.54, 1.807) is 4.90 Å². The Kier molecular flexibility index (Phi) is 2.81. The molecule has 1 aliphatic rings. The van der Waals surface area contributed by atoms with Crippen LogP contribution < -0.4 is 0 Å². The first-order chi connectivity index (χ1) is 5.63. The molecule has 0 aromatic carbocycles. The molecule has 0 radical (unpaired) electrons. The summed E-state index contributed by atoms with van der Waals surface area (Å²) in [6.07, 6.45) is 0.0187. The van der Waals surface area contributed by atoms with Crippen molar-refractivity contribution in [2.24, 2.45) is 0 Å². The third-order valence-corrected chi connectivity index (χ3v) is 1.83. The molecule has 1 rings (SSSR count). The van der Waals surface area contributed by atoms with E-state index in [0.29, 0.717) is 18.8 Å². The van der Waals surface area contributed by atoms with Gasteiger partial charge in [-0.05, 0) is 6.92 Å². The minimum atomic E-state index is -0.138. The predicted octanol–water partition coefficient (Wildman–Crippen LogP) is 0.747. The maximum absolute atomic E-state index is 11.1. The molecule has 1 aliphatic heterocycles. The summed E-state index contributed by atoms with van der Waals surface area (Å²) in [5.41, 5.74) is 0. The zero-order valence-corrected chi connectivity index (χ0v) is 7.76. The van der Waals surface area contributed by atoms with Crippen LogP contribution in [0.25, 0.3) is 0 Å². The highest BCUT2D eigenvalue weighted by Gasteiger charge is 2.22. The van der Waals surface area contributed by atoms with E-state index in [2.05, 4.69) is 18.8 Å². The maximum Gasteiger partial charge on any atom is 0.257 e. The molecule has 0 bridgehead atoms. The lowest BCUT2D eigenvalue weighted by atomic mass is 10.3. The molecule has 0 aromatic heterocycles. The summed E-state index contributed by atoms with van der Waals surface area (Å²) in [4.78, 5) is 12.8. The summed E-state index contributed by atoms with van der Waals surface area (Å²) in [6.45, 7) is 6.61. The zero-order chi connectivity index (χ0) is 9.14. The molecule has 0 unspecified atom stereocenters. The van der Waals surface area contributed by atoms with Gasteiger partial charge in [0.15, 0.2) is 0 Å². The van der Waals surface area contributed by atoms with Crippen LogP contribution in [0.5, 0.6) is 0 Å². The van der Waals surface area contributed by atoms with Gasteiger partial charge in [-0.3, -0.25) is 4.79 Å². The number of carbonyl (C=O) groups is 1. The van der Waals surface area contributed by atoms with Crippen LogP contribution in [0.1, 0.15) is 6.92 Å². The summed E-state index contributed by atoms with van der Waals surface area (Å²) in [5, 5.41) is 1.14. The van der Waals surface area contributed by atoms with Crippen molar-refractivity contribution in [1.82, 2.24) is 4.90 Å². The number of thiocarbonyl (C=S) groups is 1. The van der Waals surface area contributed by atoms with Gasteiger partial charge in [-0.2, -0.15) is 0 Å². The Hall–Kier alpha value is -0.900. The number of hydrogen-bond acceptors (Lipinski definition) is 3. The van der Waals surface area contributed by atoms with E-state index in [1.165, 1.54) is 0 Å². The SMILES string of the molecule is C=C1CN(C(=O)C=S)C[C@@H](C)O1. The Morgan fingerprint density at radius 1 is 1.92 bits per heavy atom. The Morgan fingerprint density at radius 3 is 3.08 bits per heavy atom. The molecule has 0 N–H and O–H groups in total. The van der Waals surface area contributed by atoms with Crippen LogP contribution in [0.3, 0.4) is 0 Å². The molecule has 0 spiro atoms. The van der Waals surface area contributed by atoms with Crippen molar-refractivity contribution in [3.05, 3.63) is 12.3 Å². The number of amides is 1. The molecule has 66 valence electrons. The Labute approximate surface area is 77.0 Å². The highest BCUT2D eigenvalue weighted by Crippen LogP contribution is 2.11. The third kappa shape index (κ3) is 2.04. The lowest BCUT2D eigenvalue weighted by Crippen LogP contribution is -2.43. The van der Waals surface area contributed by atoms with Gasteiger partial charge in [0.1, 0.15) is 11.9 Å². The van der Waals surface area contributed by atoms with Gasteiger partial charge < -0.3 is 9.64 Å². The number of rotatable bonds is 1. The second-order valence-corrected chi connectivity index (χ2v) is 3.04. The van der Waals surface area contributed by atoms with Crippen molar-refractivity contribution >= 4 is 23.5 Å². The highest BCUT2D eigenvalue weighted by molar-refractivity contribution is 7.80. The molecule has 1 saturated heterocycles. The molecular formula is C8H11NO2S. The normalized spacial score (nSPS) is 23.2. The summed E-state index contributed by atoms with van der Waals surface area (Å²) < 4.78 is 5.27. The van der Waals surface area contributed by atoms with E-state index >= 15 is 0 Å². The second kappa shape index (κ2) is 3.67. The summed E-state index contributed by atoms with van der Waals surface area (Å²) >= 11 is 4.55. The minimum absolute atomic E-state index is 0.0187. The third-order valence-electron chi connectivity index (χ3n) is 1.63. The van der Waals surface area contributed by atoms with Crippen molar-refractivity contribution in [1.29, 1.82) is 0 Å². The van der Waals surface area contributed by atoms with Crippen molar-refractivity contribution < 1.29 is 9.53 Å². The first-order valence-electron chi connectivity index (χ1n) is 3.72. The standard InChI is InChI=1S/C8H11NO2S/c1-6-3-9(8(10)5-12)4-7(2)11-6/h5,7H,1,3-4H2,2H3/t7-/m1/s1. The fourth-order valence-electron chi connectivity index (χ4n) is 1.19. The van der Waals surface area contributed by atoms with Crippen molar-refractivity contribution in [3.63, 3.8) is 0 Å². The van der Waals surface area contributed by atoms with Crippen LogP contribution >= 0.6 is 12.2 Å². The fourth-order valence-corrected chi connectivity index (χ4v) is 1.34.